The van der Waals surface area contributed by atoms with E-state index in [2.05, 4.69) is 32.7 Å². The number of aromatic nitrogens is 2. The summed E-state index contributed by atoms with van der Waals surface area (Å²) in [6, 6.07) is 8.74. The fourth-order valence-corrected chi connectivity index (χ4v) is 3.84. The number of rotatable bonds is 6. The van der Waals surface area contributed by atoms with Crippen LogP contribution < -0.4 is 5.56 Å². The highest BCUT2D eigenvalue weighted by atomic mass is 19.1. The zero-order chi connectivity index (χ0) is 23.6. The molecule has 0 radical (unpaired) electrons. The van der Waals surface area contributed by atoms with Gasteiger partial charge < -0.3 is 4.74 Å². The van der Waals surface area contributed by atoms with Crippen molar-refractivity contribution in [1.82, 2.24) is 9.55 Å². The molecule has 0 unspecified atom stereocenters. The minimum absolute atomic E-state index is 0.126. The number of carbonyl (C=O) groups excluding carboxylic acids is 1. The van der Waals surface area contributed by atoms with E-state index >= 15 is 0 Å². The number of nitrogens with zero attached hydrogens (tertiary/aromatic N) is 2. The molecule has 2 aromatic carbocycles. The molecular formula is C26H29FN2O3. The molecule has 3 aromatic rings. The predicted molar refractivity (Wildman–Crippen MR) is 126 cm³/mol. The number of aryl methyl sites for hydroxylation is 1. The summed E-state index contributed by atoms with van der Waals surface area (Å²) in [5.41, 5.74) is 3.07. The molecule has 0 amide bonds. The first-order valence-electron chi connectivity index (χ1n) is 10.9. The van der Waals surface area contributed by atoms with Crippen molar-refractivity contribution in [2.75, 3.05) is 6.61 Å². The van der Waals surface area contributed by atoms with Crippen LogP contribution in [0.25, 0.3) is 22.7 Å². The number of halogens is 1. The lowest BCUT2D eigenvalue weighted by Crippen LogP contribution is -2.25. The van der Waals surface area contributed by atoms with Gasteiger partial charge in [-0.25, -0.2) is 14.2 Å². The SMILES string of the molecule is CCOC(=O)C=Cc1cc2c(=O)n(-c3c(C(C)C)cccc3C(C)C)c(C)nc2cc1F. The Hall–Kier alpha value is -3.28. The molecule has 1 aromatic heterocycles. The van der Waals surface area contributed by atoms with Crippen LogP contribution in [0.1, 0.15) is 69.0 Å². The predicted octanol–water partition coefficient (Wildman–Crippen LogP) is 5.66. The molecule has 0 saturated carbocycles. The van der Waals surface area contributed by atoms with Crippen molar-refractivity contribution in [2.24, 2.45) is 0 Å². The number of hydrogen-bond donors (Lipinski definition) is 0. The molecule has 0 aliphatic heterocycles. The van der Waals surface area contributed by atoms with Gasteiger partial charge in [-0.2, -0.15) is 0 Å². The third kappa shape index (κ3) is 4.49. The molecule has 1 heterocycles. The van der Waals surface area contributed by atoms with Crippen LogP contribution in [-0.2, 0) is 9.53 Å². The molecule has 3 rings (SSSR count). The first-order chi connectivity index (χ1) is 15.1. The van der Waals surface area contributed by atoms with Crippen LogP contribution in [0.5, 0.6) is 0 Å². The van der Waals surface area contributed by atoms with E-state index in [9.17, 15) is 14.0 Å². The fraction of sp³-hybridized carbons (Fsp3) is 0.346. The molecule has 32 heavy (non-hydrogen) atoms. The minimum Gasteiger partial charge on any atom is -0.463 e. The van der Waals surface area contributed by atoms with E-state index in [0.29, 0.717) is 5.82 Å². The van der Waals surface area contributed by atoms with Crippen molar-refractivity contribution in [3.63, 3.8) is 0 Å². The van der Waals surface area contributed by atoms with Crippen molar-refractivity contribution in [1.29, 1.82) is 0 Å². The maximum Gasteiger partial charge on any atom is 0.330 e. The van der Waals surface area contributed by atoms with Gasteiger partial charge in [-0.3, -0.25) is 9.36 Å². The van der Waals surface area contributed by atoms with Gasteiger partial charge in [-0.15, -0.1) is 0 Å². The second kappa shape index (κ2) is 9.47. The molecule has 168 valence electrons. The van der Waals surface area contributed by atoms with E-state index < -0.39 is 11.8 Å². The van der Waals surface area contributed by atoms with E-state index in [1.54, 1.807) is 18.4 Å². The van der Waals surface area contributed by atoms with E-state index in [1.165, 1.54) is 18.2 Å². The maximum absolute atomic E-state index is 14.6. The zero-order valence-corrected chi connectivity index (χ0v) is 19.4. The van der Waals surface area contributed by atoms with Crippen LogP contribution in [0.4, 0.5) is 4.39 Å². The van der Waals surface area contributed by atoms with Gasteiger partial charge in [0.2, 0.25) is 0 Å². The standard InChI is InChI=1S/C26H29FN2O3/c1-7-32-24(30)12-11-18-13-21-23(14-22(18)27)28-17(6)29(26(21)31)25-19(15(2)3)9-8-10-20(25)16(4)5/h8-16H,7H2,1-6H3. The largest absolute Gasteiger partial charge is 0.463 e. The second-order valence-corrected chi connectivity index (χ2v) is 8.37. The number of benzene rings is 2. The van der Waals surface area contributed by atoms with Crippen molar-refractivity contribution >= 4 is 22.9 Å². The average molecular weight is 437 g/mol. The highest BCUT2D eigenvalue weighted by molar-refractivity contribution is 5.89. The Kier molecular flexibility index (Phi) is 6.92. The monoisotopic (exact) mass is 436 g/mol. The van der Waals surface area contributed by atoms with E-state index in [4.69, 9.17) is 4.74 Å². The van der Waals surface area contributed by atoms with Gasteiger partial charge in [0.25, 0.3) is 5.56 Å². The number of ether oxygens (including phenoxy) is 1. The van der Waals surface area contributed by atoms with Crippen molar-refractivity contribution in [2.45, 2.75) is 53.4 Å². The number of esters is 1. The summed E-state index contributed by atoms with van der Waals surface area (Å²) in [4.78, 5) is 29.9. The summed E-state index contributed by atoms with van der Waals surface area (Å²) in [6.45, 7) is 12.0. The summed E-state index contributed by atoms with van der Waals surface area (Å²) in [7, 11) is 0. The molecule has 0 N–H and O–H groups in total. The van der Waals surface area contributed by atoms with Crippen LogP contribution >= 0.6 is 0 Å². The molecule has 0 spiro atoms. The van der Waals surface area contributed by atoms with E-state index in [-0.39, 0.29) is 40.5 Å². The summed E-state index contributed by atoms with van der Waals surface area (Å²) in [5.74, 6) is -0.248. The van der Waals surface area contributed by atoms with E-state index in [0.717, 1.165) is 22.9 Å². The van der Waals surface area contributed by atoms with Crippen LogP contribution in [0.15, 0.2) is 41.2 Å². The Morgan fingerprint density at radius 2 is 1.78 bits per heavy atom. The zero-order valence-electron chi connectivity index (χ0n) is 19.4. The fourth-order valence-electron chi connectivity index (χ4n) is 3.84. The minimum atomic E-state index is -0.570. The molecule has 0 saturated heterocycles. The third-order valence-electron chi connectivity index (χ3n) is 5.41. The van der Waals surface area contributed by atoms with Gasteiger partial charge in [0, 0.05) is 17.7 Å². The van der Waals surface area contributed by atoms with Crippen LogP contribution in [0.2, 0.25) is 0 Å². The lowest BCUT2D eigenvalue weighted by atomic mass is 9.92. The van der Waals surface area contributed by atoms with Gasteiger partial charge in [0.05, 0.1) is 23.2 Å². The highest BCUT2D eigenvalue weighted by Crippen LogP contribution is 2.31. The van der Waals surface area contributed by atoms with Crippen LogP contribution in [-0.4, -0.2) is 22.1 Å². The summed E-state index contributed by atoms with van der Waals surface area (Å²) < 4.78 is 21.1. The van der Waals surface area contributed by atoms with Crippen LogP contribution in [0, 0.1) is 12.7 Å². The lowest BCUT2D eigenvalue weighted by Gasteiger charge is -2.22. The molecule has 0 bridgehead atoms. The molecule has 0 aliphatic carbocycles. The Labute approximate surface area is 187 Å². The molecule has 6 heteroatoms. The van der Waals surface area contributed by atoms with Crippen LogP contribution in [0.3, 0.4) is 0 Å². The van der Waals surface area contributed by atoms with Gasteiger partial charge in [0.1, 0.15) is 11.6 Å². The average Bonchev–Trinajstić information content (AvgIpc) is 2.72. The second-order valence-electron chi connectivity index (χ2n) is 8.37. The van der Waals surface area contributed by atoms with Crippen molar-refractivity contribution in [3.05, 3.63) is 75.1 Å². The normalized spacial score (nSPS) is 11.8. The number of fused-ring (bicyclic) bond motifs is 1. The summed E-state index contributed by atoms with van der Waals surface area (Å²) in [6.07, 6.45) is 2.47. The third-order valence-corrected chi connectivity index (χ3v) is 5.41. The Balaban J connectivity index is 2.31. The molecule has 0 atom stereocenters. The number of para-hydroxylation sites is 1. The first-order valence-corrected chi connectivity index (χ1v) is 10.9. The topological polar surface area (TPSA) is 61.2 Å². The lowest BCUT2D eigenvalue weighted by molar-refractivity contribution is -0.137. The van der Waals surface area contributed by atoms with Crippen molar-refractivity contribution < 1.29 is 13.9 Å². The first kappa shape index (κ1) is 23.4. The quantitative estimate of drug-likeness (QED) is 0.370. The molecule has 0 fully saturated rings. The maximum atomic E-state index is 14.6. The number of hydrogen-bond acceptors (Lipinski definition) is 4. The number of carbonyl (C=O) groups is 1. The van der Waals surface area contributed by atoms with Gasteiger partial charge in [-0.1, -0.05) is 45.9 Å². The molecule has 0 aliphatic rings. The molecular weight excluding hydrogens is 407 g/mol. The van der Waals surface area contributed by atoms with Gasteiger partial charge in [-0.05, 0) is 49.0 Å². The molecule has 5 nitrogen and oxygen atoms in total. The van der Waals surface area contributed by atoms with Gasteiger partial charge >= 0.3 is 5.97 Å². The summed E-state index contributed by atoms with van der Waals surface area (Å²) >= 11 is 0. The Bertz CT molecular complexity index is 1230. The Morgan fingerprint density at radius 1 is 1.16 bits per heavy atom. The highest BCUT2D eigenvalue weighted by Gasteiger charge is 2.20. The van der Waals surface area contributed by atoms with E-state index in [1.807, 2.05) is 18.2 Å². The Morgan fingerprint density at radius 3 is 2.34 bits per heavy atom. The summed E-state index contributed by atoms with van der Waals surface area (Å²) in [5, 5.41) is 0.286. The van der Waals surface area contributed by atoms with Gasteiger partial charge in [0.15, 0.2) is 0 Å². The smallest absolute Gasteiger partial charge is 0.330 e. The van der Waals surface area contributed by atoms with Crippen molar-refractivity contribution in [3.8, 4) is 5.69 Å².